The molecule has 88 valence electrons. The summed E-state index contributed by atoms with van der Waals surface area (Å²) < 4.78 is 4.84. The Morgan fingerprint density at radius 2 is 2.00 bits per heavy atom. The van der Waals surface area contributed by atoms with E-state index in [1.165, 1.54) is 12.0 Å². The molecule has 6 nitrogen and oxygen atoms in total. The van der Waals surface area contributed by atoms with Gasteiger partial charge in [-0.3, -0.25) is 9.59 Å². The number of hydrogen-bond donors (Lipinski definition) is 2. The summed E-state index contributed by atoms with van der Waals surface area (Å²) in [5.41, 5.74) is 5.31. The molecule has 3 N–H and O–H groups in total. The molecule has 0 saturated carbocycles. The van der Waals surface area contributed by atoms with Crippen LogP contribution in [0, 0.1) is 0 Å². The van der Waals surface area contributed by atoms with E-state index < -0.39 is 12.1 Å². The lowest BCUT2D eigenvalue weighted by Crippen LogP contribution is -2.49. The zero-order chi connectivity index (χ0) is 12.0. The van der Waals surface area contributed by atoms with Crippen LogP contribution in [0.5, 0.6) is 0 Å². The number of methoxy groups -OCH3 is 1. The maximum Gasteiger partial charge on any atom is 0.251 e. The van der Waals surface area contributed by atoms with Gasteiger partial charge in [0.05, 0.1) is 0 Å². The molecule has 2 atom stereocenters. The van der Waals surface area contributed by atoms with Crippen LogP contribution < -0.4 is 11.1 Å². The number of ether oxygens (including phenoxy) is 1. The summed E-state index contributed by atoms with van der Waals surface area (Å²) in [4.78, 5) is 24.3. The van der Waals surface area contributed by atoms with Crippen molar-refractivity contribution in [2.75, 3.05) is 27.7 Å². The zero-order valence-electron chi connectivity index (χ0n) is 9.61. The summed E-state index contributed by atoms with van der Waals surface area (Å²) >= 11 is 0. The van der Waals surface area contributed by atoms with Gasteiger partial charge in [0.1, 0.15) is 12.1 Å². The van der Waals surface area contributed by atoms with Crippen LogP contribution in [0.2, 0.25) is 0 Å². The summed E-state index contributed by atoms with van der Waals surface area (Å²) in [5, 5.41) is 2.53. The van der Waals surface area contributed by atoms with Crippen molar-refractivity contribution in [1.82, 2.24) is 10.2 Å². The topological polar surface area (TPSA) is 84.7 Å². The first-order valence-electron chi connectivity index (χ1n) is 4.68. The molecular weight excluding hydrogens is 198 g/mol. The Kier molecular flexibility index (Phi) is 5.88. The summed E-state index contributed by atoms with van der Waals surface area (Å²) in [5.74, 6) is -0.544. The van der Waals surface area contributed by atoms with Crippen LogP contribution in [-0.4, -0.2) is 56.6 Å². The molecule has 0 aromatic rings. The van der Waals surface area contributed by atoms with E-state index in [0.29, 0.717) is 0 Å². The predicted octanol–water partition coefficient (Wildman–Crippen LogP) is -1.45. The smallest absolute Gasteiger partial charge is 0.251 e. The van der Waals surface area contributed by atoms with Gasteiger partial charge in [0.15, 0.2) is 0 Å². The van der Waals surface area contributed by atoms with Crippen molar-refractivity contribution in [3.63, 3.8) is 0 Å². The van der Waals surface area contributed by atoms with Crippen molar-refractivity contribution < 1.29 is 14.3 Å². The number of nitrogens with two attached hydrogens (primary N) is 1. The largest absolute Gasteiger partial charge is 0.370 e. The van der Waals surface area contributed by atoms with Gasteiger partial charge in [0.2, 0.25) is 5.91 Å². The number of amides is 2. The van der Waals surface area contributed by atoms with Crippen molar-refractivity contribution in [3.05, 3.63) is 0 Å². The van der Waals surface area contributed by atoms with Crippen molar-refractivity contribution in [3.8, 4) is 0 Å². The maximum absolute atomic E-state index is 11.5. The van der Waals surface area contributed by atoms with Gasteiger partial charge in [0, 0.05) is 27.7 Å². The van der Waals surface area contributed by atoms with E-state index in [9.17, 15) is 9.59 Å². The number of rotatable bonds is 5. The van der Waals surface area contributed by atoms with Crippen molar-refractivity contribution >= 4 is 11.8 Å². The van der Waals surface area contributed by atoms with Crippen molar-refractivity contribution in [1.29, 1.82) is 0 Å². The van der Waals surface area contributed by atoms with E-state index in [2.05, 4.69) is 5.32 Å². The third kappa shape index (κ3) is 4.26. The average Bonchev–Trinajstić information content (AvgIpc) is 2.18. The molecule has 0 saturated heterocycles. The van der Waals surface area contributed by atoms with Crippen molar-refractivity contribution in [2.24, 2.45) is 5.73 Å². The highest BCUT2D eigenvalue weighted by atomic mass is 16.5. The highest BCUT2D eigenvalue weighted by molar-refractivity contribution is 5.88. The molecule has 0 aliphatic heterocycles. The molecule has 0 fully saturated rings. The van der Waals surface area contributed by atoms with E-state index in [1.807, 2.05) is 0 Å². The van der Waals surface area contributed by atoms with Crippen LogP contribution in [0.15, 0.2) is 0 Å². The van der Waals surface area contributed by atoms with Crippen LogP contribution in [0.4, 0.5) is 0 Å². The Balaban J connectivity index is 4.23. The fraction of sp³-hybridized carbons (Fsp3) is 0.778. The number of carbonyl (C=O) groups is 2. The molecule has 0 aliphatic rings. The number of nitrogens with one attached hydrogen (secondary N) is 1. The third-order valence-corrected chi connectivity index (χ3v) is 1.96. The molecule has 0 spiro atoms. The first-order valence-corrected chi connectivity index (χ1v) is 4.68. The number of hydrogen-bond acceptors (Lipinski definition) is 4. The van der Waals surface area contributed by atoms with Gasteiger partial charge in [-0.15, -0.1) is 0 Å². The lowest BCUT2D eigenvalue weighted by atomic mass is 10.2. The summed E-state index contributed by atoms with van der Waals surface area (Å²) in [6.07, 6.45) is -0.706. The highest BCUT2D eigenvalue weighted by Gasteiger charge is 2.22. The molecule has 0 radical (unpaired) electrons. The van der Waals surface area contributed by atoms with Gasteiger partial charge in [-0.1, -0.05) is 0 Å². The Morgan fingerprint density at radius 3 is 2.33 bits per heavy atom. The average molecular weight is 217 g/mol. The molecule has 15 heavy (non-hydrogen) atoms. The summed E-state index contributed by atoms with van der Waals surface area (Å²) in [6, 6.07) is -0.573. The second-order valence-electron chi connectivity index (χ2n) is 3.42. The van der Waals surface area contributed by atoms with Gasteiger partial charge < -0.3 is 20.7 Å². The lowest BCUT2D eigenvalue weighted by molar-refractivity contribution is -0.137. The van der Waals surface area contributed by atoms with Crippen LogP contribution in [-0.2, 0) is 14.3 Å². The maximum atomic E-state index is 11.5. The van der Waals surface area contributed by atoms with Crippen LogP contribution in [0.1, 0.15) is 6.92 Å². The molecule has 0 rings (SSSR count). The molecule has 0 aromatic heterocycles. The molecule has 0 bridgehead atoms. The van der Waals surface area contributed by atoms with E-state index in [4.69, 9.17) is 10.5 Å². The normalized spacial score (nSPS) is 14.2. The SMILES string of the molecule is COC(CN)C(=O)NC(C)C(=O)N(C)C. The van der Waals surface area contributed by atoms with E-state index >= 15 is 0 Å². The molecule has 0 heterocycles. The Bertz CT molecular complexity index is 227. The van der Waals surface area contributed by atoms with E-state index in [0.717, 1.165) is 0 Å². The fourth-order valence-electron chi connectivity index (χ4n) is 1.07. The van der Waals surface area contributed by atoms with Gasteiger partial charge in [-0.2, -0.15) is 0 Å². The molecule has 0 aromatic carbocycles. The molecular formula is C9H19N3O3. The zero-order valence-corrected chi connectivity index (χ0v) is 9.61. The minimum absolute atomic E-state index is 0.0885. The lowest BCUT2D eigenvalue weighted by Gasteiger charge is -2.20. The van der Waals surface area contributed by atoms with Crippen LogP contribution >= 0.6 is 0 Å². The van der Waals surface area contributed by atoms with Crippen LogP contribution in [0.25, 0.3) is 0 Å². The number of likely N-dealkylation sites (N-methyl/N-ethyl adjacent to an activating group) is 1. The minimum atomic E-state index is -0.706. The Hall–Kier alpha value is -1.14. The molecule has 0 aliphatic carbocycles. The van der Waals surface area contributed by atoms with Gasteiger partial charge in [0.25, 0.3) is 5.91 Å². The Morgan fingerprint density at radius 1 is 1.47 bits per heavy atom. The highest BCUT2D eigenvalue weighted by Crippen LogP contribution is 1.92. The van der Waals surface area contributed by atoms with E-state index in [-0.39, 0.29) is 18.4 Å². The number of nitrogens with zero attached hydrogens (tertiary/aromatic N) is 1. The van der Waals surface area contributed by atoms with Gasteiger partial charge in [-0.05, 0) is 6.92 Å². The second-order valence-corrected chi connectivity index (χ2v) is 3.42. The first-order chi connectivity index (χ1) is 6.93. The van der Waals surface area contributed by atoms with E-state index in [1.54, 1.807) is 21.0 Å². The molecule has 2 amide bonds. The monoisotopic (exact) mass is 217 g/mol. The number of carbonyl (C=O) groups excluding carboxylic acids is 2. The predicted molar refractivity (Wildman–Crippen MR) is 56.2 cm³/mol. The summed E-state index contributed by atoms with van der Waals surface area (Å²) in [6.45, 7) is 1.70. The fourth-order valence-corrected chi connectivity index (χ4v) is 1.07. The first kappa shape index (κ1) is 13.9. The van der Waals surface area contributed by atoms with Gasteiger partial charge in [-0.25, -0.2) is 0 Å². The van der Waals surface area contributed by atoms with Crippen molar-refractivity contribution in [2.45, 2.75) is 19.1 Å². The standard InChI is InChI=1S/C9H19N3O3/c1-6(9(14)12(2)3)11-8(13)7(5-10)15-4/h6-7H,5,10H2,1-4H3,(H,11,13). The third-order valence-electron chi connectivity index (χ3n) is 1.96. The Labute approximate surface area is 89.7 Å². The second kappa shape index (κ2) is 6.36. The van der Waals surface area contributed by atoms with Gasteiger partial charge >= 0.3 is 0 Å². The minimum Gasteiger partial charge on any atom is -0.370 e. The van der Waals surface area contributed by atoms with Crippen LogP contribution in [0.3, 0.4) is 0 Å². The molecule has 6 heteroatoms. The quantitative estimate of drug-likeness (QED) is 0.590. The summed E-state index contributed by atoms with van der Waals surface area (Å²) in [7, 11) is 4.65. The molecule has 2 unspecified atom stereocenters.